The van der Waals surface area contributed by atoms with Gasteiger partial charge < -0.3 is 5.32 Å². The van der Waals surface area contributed by atoms with E-state index in [0.717, 1.165) is 21.5 Å². The highest BCUT2D eigenvalue weighted by molar-refractivity contribution is 6.31. The molecule has 9 heteroatoms. The van der Waals surface area contributed by atoms with Gasteiger partial charge in [0, 0.05) is 28.7 Å². The van der Waals surface area contributed by atoms with Crippen molar-refractivity contribution in [2.45, 2.75) is 33.2 Å². The number of rotatable bonds is 5. The summed E-state index contributed by atoms with van der Waals surface area (Å²) >= 11 is 6.13. The highest BCUT2D eigenvalue weighted by Gasteiger charge is 2.16. The van der Waals surface area contributed by atoms with Gasteiger partial charge in [0.05, 0.1) is 5.69 Å². The number of aromatic nitrogens is 5. The second-order valence-corrected chi connectivity index (χ2v) is 8.94. The lowest BCUT2D eigenvalue weighted by Gasteiger charge is -2.08. The molecule has 3 aromatic heterocycles. The van der Waals surface area contributed by atoms with Gasteiger partial charge in [-0.15, -0.1) is 5.10 Å². The molecule has 5 rings (SSSR count). The highest BCUT2D eigenvalue weighted by atomic mass is 35.5. The van der Waals surface area contributed by atoms with Crippen molar-refractivity contribution < 1.29 is 4.79 Å². The van der Waals surface area contributed by atoms with Crippen LogP contribution in [0.4, 0.5) is 5.69 Å². The largest absolute Gasteiger partial charge is 0.350 e. The van der Waals surface area contributed by atoms with Gasteiger partial charge in [-0.1, -0.05) is 55.8 Å². The molecule has 172 valence electrons. The summed E-state index contributed by atoms with van der Waals surface area (Å²) < 4.78 is 4.25. The first-order chi connectivity index (χ1) is 16.3. The van der Waals surface area contributed by atoms with Crippen LogP contribution in [-0.2, 0) is 11.3 Å². The Labute approximate surface area is 200 Å². The molecule has 0 saturated heterocycles. The van der Waals surface area contributed by atoms with Gasteiger partial charge in [-0.3, -0.25) is 4.79 Å². The third kappa shape index (κ3) is 3.86. The molecule has 0 atom stereocenters. The molecule has 2 aromatic carbocycles. The van der Waals surface area contributed by atoms with E-state index in [1.807, 2.05) is 25.1 Å². The van der Waals surface area contributed by atoms with Crippen molar-refractivity contribution in [3.63, 3.8) is 0 Å². The summed E-state index contributed by atoms with van der Waals surface area (Å²) in [5.41, 5.74) is 5.06. The summed E-state index contributed by atoms with van der Waals surface area (Å²) in [4.78, 5) is 25.5. The van der Waals surface area contributed by atoms with Crippen LogP contribution in [0.5, 0.6) is 0 Å². The average molecular weight is 475 g/mol. The smallest absolute Gasteiger partial charge is 0.324 e. The maximum absolute atomic E-state index is 12.9. The number of carbonyl (C=O) groups excluding carboxylic acids is 1. The molecule has 0 bridgehead atoms. The quantitative estimate of drug-likeness (QED) is 0.405. The van der Waals surface area contributed by atoms with Crippen LogP contribution >= 0.6 is 11.6 Å². The Hall–Kier alpha value is -3.91. The van der Waals surface area contributed by atoms with E-state index in [1.54, 1.807) is 35.1 Å². The second kappa shape index (κ2) is 8.46. The zero-order chi connectivity index (χ0) is 24.0. The van der Waals surface area contributed by atoms with Gasteiger partial charge in [-0.2, -0.15) is 5.10 Å². The van der Waals surface area contributed by atoms with Crippen molar-refractivity contribution in [2.24, 2.45) is 0 Å². The molecule has 1 amide bonds. The Kier molecular flexibility index (Phi) is 5.45. The maximum Gasteiger partial charge on any atom is 0.350 e. The van der Waals surface area contributed by atoms with Gasteiger partial charge in [0.1, 0.15) is 12.1 Å². The number of nitrogens with zero attached hydrogens (tertiary/aromatic N) is 5. The zero-order valence-corrected chi connectivity index (χ0v) is 19.7. The molecule has 0 radical (unpaired) electrons. The number of carbonyl (C=O) groups is 1. The minimum absolute atomic E-state index is 0.226. The monoisotopic (exact) mass is 474 g/mol. The standard InChI is InChI=1S/C25H23ClN6O2/c1-15(2)17-7-9-18(10-8-17)21-13-22-24-29-32(25(34)30(24)11-12-31(22)28-21)14-23(33)27-20-6-4-5-19(26)16(20)3/h4-13,15H,14H2,1-3H3,(H,27,33). The maximum atomic E-state index is 12.9. The summed E-state index contributed by atoms with van der Waals surface area (Å²) in [7, 11) is 0. The van der Waals surface area contributed by atoms with E-state index in [0.29, 0.717) is 27.8 Å². The van der Waals surface area contributed by atoms with Crippen LogP contribution in [0, 0.1) is 6.92 Å². The fourth-order valence-electron chi connectivity index (χ4n) is 3.89. The minimum Gasteiger partial charge on any atom is -0.324 e. The minimum atomic E-state index is -0.403. The van der Waals surface area contributed by atoms with E-state index in [4.69, 9.17) is 11.6 Å². The summed E-state index contributed by atoms with van der Waals surface area (Å²) in [5.74, 6) is 0.0805. The van der Waals surface area contributed by atoms with Gasteiger partial charge in [0.2, 0.25) is 5.91 Å². The predicted octanol–water partition coefficient (Wildman–Crippen LogP) is 4.53. The van der Waals surface area contributed by atoms with Crippen molar-refractivity contribution in [2.75, 3.05) is 5.32 Å². The normalized spacial score (nSPS) is 11.6. The fraction of sp³-hybridized carbons (Fsp3) is 0.200. The molecule has 0 spiro atoms. The van der Waals surface area contributed by atoms with Crippen molar-refractivity contribution in [1.82, 2.24) is 23.8 Å². The van der Waals surface area contributed by atoms with E-state index >= 15 is 0 Å². The molecule has 34 heavy (non-hydrogen) atoms. The van der Waals surface area contributed by atoms with Gasteiger partial charge in [-0.25, -0.2) is 18.4 Å². The fourth-order valence-corrected chi connectivity index (χ4v) is 4.06. The average Bonchev–Trinajstić information content (AvgIpc) is 3.38. The van der Waals surface area contributed by atoms with Crippen LogP contribution < -0.4 is 11.0 Å². The lowest BCUT2D eigenvalue weighted by molar-refractivity contribution is -0.117. The van der Waals surface area contributed by atoms with Crippen LogP contribution in [0.1, 0.15) is 30.9 Å². The topological polar surface area (TPSA) is 85.7 Å². The summed E-state index contributed by atoms with van der Waals surface area (Å²) in [6.07, 6.45) is 3.31. The summed E-state index contributed by atoms with van der Waals surface area (Å²) in [6.45, 7) is 5.90. The number of nitrogens with one attached hydrogen (secondary N) is 1. The Morgan fingerprint density at radius 2 is 1.85 bits per heavy atom. The Morgan fingerprint density at radius 1 is 1.09 bits per heavy atom. The van der Waals surface area contributed by atoms with E-state index in [9.17, 15) is 9.59 Å². The van der Waals surface area contributed by atoms with Crippen molar-refractivity contribution in [1.29, 1.82) is 0 Å². The SMILES string of the molecule is Cc1c(Cl)cccc1NC(=O)Cn1nc2c3cc(-c4ccc(C(C)C)cc4)nn3ccn2c1=O. The first kappa shape index (κ1) is 21.9. The highest BCUT2D eigenvalue weighted by Crippen LogP contribution is 2.24. The molecule has 0 aliphatic rings. The number of anilines is 1. The summed E-state index contributed by atoms with van der Waals surface area (Å²) in [5, 5.41) is 12.4. The Balaban J connectivity index is 1.47. The summed E-state index contributed by atoms with van der Waals surface area (Å²) in [6, 6.07) is 15.4. The zero-order valence-electron chi connectivity index (χ0n) is 19.0. The third-order valence-corrected chi connectivity index (χ3v) is 6.31. The molecule has 0 saturated carbocycles. The van der Waals surface area contributed by atoms with Crippen LogP contribution in [0.15, 0.2) is 65.7 Å². The van der Waals surface area contributed by atoms with Crippen molar-refractivity contribution >= 4 is 34.4 Å². The number of halogens is 1. The number of amides is 1. The van der Waals surface area contributed by atoms with Gasteiger partial charge in [0.25, 0.3) is 0 Å². The van der Waals surface area contributed by atoms with Crippen molar-refractivity contribution in [3.05, 3.63) is 87.6 Å². The first-order valence-corrected chi connectivity index (χ1v) is 11.3. The lowest BCUT2D eigenvalue weighted by Crippen LogP contribution is -2.28. The number of benzene rings is 2. The van der Waals surface area contributed by atoms with E-state index in [2.05, 4.69) is 41.5 Å². The number of fused-ring (bicyclic) bond motifs is 3. The Morgan fingerprint density at radius 3 is 2.59 bits per heavy atom. The molecule has 0 aliphatic carbocycles. The predicted molar refractivity (Wildman–Crippen MR) is 133 cm³/mol. The number of hydrogen-bond acceptors (Lipinski definition) is 4. The Bertz CT molecular complexity index is 1590. The van der Waals surface area contributed by atoms with E-state index in [-0.39, 0.29) is 12.5 Å². The van der Waals surface area contributed by atoms with E-state index in [1.165, 1.54) is 9.96 Å². The van der Waals surface area contributed by atoms with Crippen LogP contribution in [0.25, 0.3) is 22.4 Å². The first-order valence-electron chi connectivity index (χ1n) is 10.9. The van der Waals surface area contributed by atoms with E-state index < -0.39 is 5.69 Å². The molecule has 0 unspecified atom stereocenters. The molecule has 8 nitrogen and oxygen atoms in total. The van der Waals surface area contributed by atoms with Gasteiger partial charge >= 0.3 is 5.69 Å². The molecule has 3 heterocycles. The molecule has 5 aromatic rings. The molecular formula is C25H23ClN6O2. The van der Waals surface area contributed by atoms with Crippen LogP contribution in [0.3, 0.4) is 0 Å². The second-order valence-electron chi connectivity index (χ2n) is 8.53. The van der Waals surface area contributed by atoms with Crippen molar-refractivity contribution in [3.8, 4) is 11.3 Å². The third-order valence-electron chi connectivity index (χ3n) is 5.90. The molecule has 1 N–H and O–H groups in total. The van der Waals surface area contributed by atoms with Gasteiger partial charge in [0.15, 0.2) is 5.65 Å². The molecule has 0 aliphatic heterocycles. The molecule has 0 fully saturated rings. The van der Waals surface area contributed by atoms with Crippen LogP contribution in [0.2, 0.25) is 5.02 Å². The van der Waals surface area contributed by atoms with Crippen LogP contribution in [-0.4, -0.2) is 29.7 Å². The number of hydrogen-bond donors (Lipinski definition) is 1. The lowest BCUT2D eigenvalue weighted by atomic mass is 10.0. The van der Waals surface area contributed by atoms with Gasteiger partial charge in [-0.05, 0) is 42.2 Å². The molecular weight excluding hydrogens is 452 g/mol.